The molecule has 1 rings (SSSR count). The summed E-state index contributed by atoms with van der Waals surface area (Å²) in [5, 5.41) is 0. The molecule has 1 aromatic rings. The van der Waals surface area contributed by atoms with E-state index in [-0.39, 0.29) is 6.04 Å². The molecule has 0 fully saturated rings. The number of nitrogens with two attached hydrogens (primary N) is 1. The smallest absolute Gasteiger partial charge is 0.226 e. The van der Waals surface area contributed by atoms with Gasteiger partial charge in [0.2, 0.25) is 5.95 Å². The fraction of sp³-hybridized carbons (Fsp3) is 0.667. The Morgan fingerprint density at radius 2 is 2.18 bits per heavy atom. The minimum atomic E-state index is 0.248. The van der Waals surface area contributed by atoms with Crippen LogP contribution in [-0.4, -0.2) is 36.3 Å². The van der Waals surface area contributed by atoms with Gasteiger partial charge in [-0.1, -0.05) is 0 Å². The van der Waals surface area contributed by atoms with E-state index < -0.39 is 0 Å². The van der Waals surface area contributed by atoms with E-state index in [9.17, 15) is 0 Å². The van der Waals surface area contributed by atoms with Crippen molar-refractivity contribution >= 4 is 5.95 Å². The van der Waals surface area contributed by atoms with Crippen LogP contribution in [-0.2, 0) is 11.3 Å². The van der Waals surface area contributed by atoms with Crippen molar-refractivity contribution in [1.82, 2.24) is 9.97 Å². The second-order valence-electron chi connectivity index (χ2n) is 4.10. The summed E-state index contributed by atoms with van der Waals surface area (Å²) >= 11 is 0. The molecule has 0 saturated heterocycles. The highest BCUT2D eigenvalue weighted by Crippen LogP contribution is 2.13. The molecule has 1 atom stereocenters. The number of hydrogen-bond donors (Lipinski definition) is 1. The van der Waals surface area contributed by atoms with Gasteiger partial charge in [0.05, 0.1) is 18.3 Å². The van der Waals surface area contributed by atoms with Crippen LogP contribution in [0, 0.1) is 6.92 Å². The molecule has 0 aliphatic rings. The Hall–Kier alpha value is -1.20. The highest BCUT2D eigenvalue weighted by molar-refractivity contribution is 5.33. The van der Waals surface area contributed by atoms with E-state index in [2.05, 4.69) is 28.7 Å². The number of nitrogens with zero attached hydrogens (tertiary/aromatic N) is 3. The number of rotatable bonds is 6. The highest BCUT2D eigenvalue weighted by Gasteiger charge is 2.16. The fourth-order valence-electron chi connectivity index (χ4n) is 1.83. The van der Waals surface area contributed by atoms with E-state index in [1.165, 1.54) is 0 Å². The minimum Gasteiger partial charge on any atom is -0.383 e. The molecule has 0 saturated carbocycles. The Morgan fingerprint density at radius 1 is 1.47 bits per heavy atom. The van der Waals surface area contributed by atoms with E-state index in [1.807, 2.05) is 13.0 Å². The van der Waals surface area contributed by atoms with Crippen molar-refractivity contribution in [3.05, 3.63) is 17.5 Å². The first kappa shape index (κ1) is 13.9. The van der Waals surface area contributed by atoms with E-state index in [0.717, 1.165) is 23.9 Å². The topological polar surface area (TPSA) is 64.3 Å². The normalized spacial score (nSPS) is 12.5. The molecule has 0 aliphatic carbocycles. The predicted molar refractivity (Wildman–Crippen MR) is 69.0 cm³/mol. The first-order valence-corrected chi connectivity index (χ1v) is 5.92. The molecule has 1 aromatic heterocycles. The van der Waals surface area contributed by atoms with Crippen LogP contribution < -0.4 is 10.6 Å². The zero-order valence-corrected chi connectivity index (χ0v) is 11.1. The van der Waals surface area contributed by atoms with Crippen molar-refractivity contribution in [3.63, 3.8) is 0 Å². The maximum atomic E-state index is 5.63. The number of methoxy groups -OCH3 is 1. The van der Waals surface area contributed by atoms with Crippen molar-refractivity contribution in [2.24, 2.45) is 5.73 Å². The van der Waals surface area contributed by atoms with E-state index in [0.29, 0.717) is 13.2 Å². The lowest BCUT2D eigenvalue weighted by Gasteiger charge is -2.27. The van der Waals surface area contributed by atoms with Crippen molar-refractivity contribution in [3.8, 4) is 0 Å². The molecule has 96 valence electrons. The summed E-state index contributed by atoms with van der Waals surface area (Å²) < 4.78 is 5.17. The van der Waals surface area contributed by atoms with Gasteiger partial charge in [0.1, 0.15) is 0 Å². The quantitative estimate of drug-likeness (QED) is 0.804. The Bertz CT molecular complexity index is 356. The molecule has 5 heteroatoms. The predicted octanol–water partition coefficient (Wildman–Crippen LogP) is 1.10. The molecule has 2 N–H and O–H groups in total. The number of ether oxygens (including phenoxy) is 1. The summed E-state index contributed by atoms with van der Waals surface area (Å²) in [4.78, 5) is 11.0. The first-order valence-electron chi connectivity index (χ1n) is 5.92. The summed E-state index contributed by atoms with van der Waals surface area (Å²) in [5.74, 6) is 0.734. The van der Waals surface area contributed by atoms with E-state index in [4.69, 9.17) is 10.5 Å². The van der Waals surface area contributed by atoms with Gasteiger partial charge in [0.25, 0.3) is 0 Å². The van der Waals surface area contributed by atoms with Crippen molar-refractivity contribution in [1.29, 1.82) is 0 Å². The average Bonchev–Trinajstić information content (AvgIpc) is 2.29. The molecule has 0 aromatic carbocycles. The van der Waals surface area contributed by atoms with Gasteiger partial charge < -0.3 is 15.4 Å². The maximum absolute atomic E-state index is 5.63. The van der Waals surface area contributed by atoms with Crippen molar-refractivity contribution in [2.75, 3.05) is 25.2 Å². The SMILES string of the molecule is CCN(c1nc(C)cc(CN)n1)C(C)COC. The second kappa shape index (κ2) is 6.51. The zero-order chi connectivity index (χ0) is 12.8. The summed E-state index contributed by atoms with van der Waals surface area (Å²) in [6.45, 7) is 8.08. The van der Waals surface area contributed by atoms with Crippen LogP contribution >= 0.6 is 0 Å². The lowest BCUT2D eigenvalue weighted by molar-refractivity contribution is 0.181. The lowest BCUT2D eigenvalue weighted by Crippen LogP contribution is -2.37. The van der Waals surface area contributed by atoms with E-state index in [1.54, 1.807) is 7.11 Å². The van der Waals surface area contributed by atoms with Crippen molar-refractivity contribution < 1.29 is 4.74 Å². The minimum absolute atomic E-state index is 0.248. The molecular formula is C12H22N4O. The molecule has 0 bridgehead atoms. The fourth-order valence-corrected chi connectivity index (χ4v) is 1.83. The summed E-state index contributed by atoms with van der Waals surface area (Å²) in [7, 11) is 1.70. The molecule has 0 radical (unpaired) electrons. The number of likely N-dealkylation sites (N-methyl/N-ethyl adjacent to an activating group) is 1. The monoisotopic (exact) mass is 238 g/mol. The molecule has 0 amide bonds. The number of hydrogen-bond acceptors (Lipinski definition) is 5. The molecular weight excluding hydrogens is 216 g/mol. The molecule has 1 unspecified atom stereocenters. The van der Waals surface area contributed by atoms with Crippen LogP contribution in [0.3, 0.4) is 0 Å². The summed E-state index contributed by atoms with van der Waals surface area (Å²) in [6.07, 6.45) is 0. The Balaban J connectivity index is 2.98. The maximum Gasteiger partial charge on any atom is 0.226 e. The molecule has 5 nitrogen and oxygen atoms in total. The van der Waals surface area contributed by atoms with Crippen LogP contribution in [0.1, 0.15) is 25.2 Å². The third-order valence-electron chi connectivity index (χ3n) is 2.64. The van der Waals surface area contributed by atoms with Crippen LogP contribution in [0.25, 0.3) is 0 Å². The first-order chi connectivity index (χ1) is 8.12. The molecule has 0 spiro atoms. The van der Waals surface area contributed by atoms with Crippen LogP contribution in [0.15, 0.2) is 6.07 Å². The summed E-state index contributed by atoms with van der Waals surface area (Å²) in [5.41, 5.74) is 7.44. The Kier molecular flexibility index (Phi) is 5.31. The van der Waals surface area contributed by atoms with Gasteiger partial charge in [0, 0.05) is 25.9 Å². The Morgan fingerprint density at radius 3 is 2.71 bits per heavy atom. The third-order valence-corrected chi connectivity index (χ3v) is 2.64. The van der Waals surface area contributed by atoms with Gasteiger partial charge in [-0.2, -0.15) is 0 Å². The van der Waals surface area contributed by atoms with E-state index >= 15 is 0 Å². The number of aryl methyl sites for hydroxylation is 1. The number of anilines is 1. The lowest BCUT2D eigenvalue weighted by atomic mass is 10.3. The van der Waals surface area contributed by atoms with Crippen LogP contribution in [0.2, 0.25) is 0 Å². The van der Waals surface area contributed by atoms with Gasteiger partial charge in [-0.05, 0) is 26.8 Å². The van der Waals surface area contributed by atoms with Crippen LogP contribution in [0.5, 0.6) is 0 Å². The second-order valence-corrected chi connectivity index (χ2v) is 4.10. The van der Waals surface area contributed by atoms with Gasteiger partial charge in [-0.15, -0.1) is 0 Å². The molecule has 1 heterocycles. The van der Waals surface area contributed by atoms with Gasteiger partial charge >= 0.3 is 0 Å². The highest BCUT2D eigenvalue weighted by atomic mass is 16.5. The van der Waals surface area contributed by atoms with Crippen LogP contribution in [0.4, 0.5) is 5.95 Å². The zero-order valence-electron chi connectivity index (χ0n) is 11.1. The average molecular weight is 238 g/mol. The molecule has 0 aliphatic heterocycles. The van der Waals surface area contributed by atoms with Gasteiger partial charge in [-0.25, -0.2) is 9.97 Å². The largest absolute Gasteiger partial charge is 0.383 e. The van der Waals surface area contributed by atoms with Gasteiger partial charge in [-0.3, -0.25) is 0 Å². The third kappa shape index (κ3) is 3.64. The van der Waals surface area contributed by atoms with Crippen molar-refractivity contribution in [2.45, 2.75) is 33.4 Å². The molecule has 17 heavy (non-hydrogen) atoms. The Labute approximate surface area is 103 Å². The number of aromatic nitrogens is 2. The standard InChI is InChI=1S/C12H22N4O/c1-5-16(10(3)8-17-4)12-14-9(2)6-11(7-13)15-12/h6,10H,5,7-8,13H2,1-4H3. The van der Waals surface area contributed by atoms with Gasteiger partial charge in [0.15, 0.2) is 0 Å². The summed E-state index contributed by atoms with van der Waals surface area (Å²) in [6, 6.07) is 2.16.